The van der Waals surface area contributed by atoms with E-state index in [1.165, 1.54) is 0 Å². The first kappa shape index (κ1) is 15.0. The van der Waals surface area contributed by atoms with E-state index in [1.807, 2.05) is 24.3 Å². The molecule has 0 heterocycles. The van der Waals surface area contributed by atoms with E-state index in [0.29, 0.717) is 19.4 Å². The maximum absolute atomic E-state index is 12.2. The number of hydrogen-bond acceptors (Lipinski definition) is 2. The third kappa shape index (κ3) is 4.63. The van der Waals surface area contributed by atoms with Gasteiger partial charge in [0.05, 0.1) is 6.42 Å². The summed E-state index contributed by atoms with van der Waals surface area (Å²) in [6.07, 6.45) is 3.16. The smallest absolute Gasteiger partial charge is 0.305 e. The lowest BCUT2D eigenvalue weighted by Gasteiger charge is -2.21. The molecule has 1 aromatic rings. The maximum Gasteiger partial charge on any atom is 0.305 e. The molecule has 0 atom stereocenters. The molecular formula is C15H18BrNO3. The van der Waals surface area contributed by atoms with E-state index in [4.69, 9.17) is 5.11 Å². The van der Waals surface area contributed by atoms with Crippen molar-refractivity contribution in [2.24, 2.45) is 0 Å². The minimum absolute atomic E-state index is 0.0269. The van der Waals surface area contributed by atoms with Crippen molar-refractivity contribution in [3.05, 3.63) is 34.3 Å². The van der Waals surface area contributed by atoms with Gasteiger partial charge in [-0.3, -0.25) is 9.59 Å². The summed E-state index contributed by atoms with van der Waals surface area (Å²) >= 11 is 3.41. The Bertz CT molecular complexity index is 500. The van der Waals surface area contributed by atoms with Gasteiger partial charge in [0, 0.05) is 23.5 Å². The number of carbonyl (C=O) groups is 2. The first-order valence-electron chi connectivity index (χ1n) is 6.82. The highest BCUT2D eigenvalue weighted by molar-refractivity contribution is 9.10. The summed E-state index contributed by atoms with van der Waals surface area (Å²) in [6.45, 7) is 0.331. The number of carboxylic acid groups (broad SMARTS) is 1. The number of halogens is 1. The molecular weight excluding hydrogens is 322 g/mol. The van der Waals surface area contributed by atoms with Gasteiger partial charge in [0.15, 0.2) is 0 Å². The number of aliphatic carboxylic acids is 1. The summed E-state index contributed by atoms with van der Waals surface area (Å²) in [7, 11) is 0. The predicted molar refractivity (Wildman–Crippen MR) is 79.5 cm³/mol. The molecule has 0 aromatic heterocycles. The molecule has 5 heteroatoms. The highest BCUT2D eigenvalue weighted by Crippen LogP contribution is 2.27. The molecule has 1 N–H and O–H groups in total. The van der Waals surface area contributed by atoms with E-state index in [9.17, 15) is 9.59 Å². The molecule has 0 saturated heterocycles. The molecule has 0 bridgehead atoms. The van der Waals surface area contributed by atoms with Gasteiger partial charge in [0.2, 0.25) is 5.91 Å². The van der Waals surface area contributed by atoms with Gasteiger partial charge in [-0.15, -0.1) is 0 Å². The number of hydrogen-bond donors (Lipinski definition) is 1. The number of nitrogens with zero attached hydrogens (tertiary/aromatic N) is 1. The summed E-state index contributed by atoms with van der Waals surface area (Å²) in [6, 6.07) is 8.18. The van der Waals surface area contributed by atoms with Crippen molar-refractivity contribution < 1.29 is 14.7 Å². The molecule has 2 rings (SSSR count). The Kier molecular flexibility index (Phi) is 5.17. The monoisotopic (exact) mass is 339 g/mol. The molecule has 1 saturated carbocycles. The van der Waals surface area contributed by atoms with Gasteiger partial charge >= 0.3 is 5.97 Å². The van der Waals surface area contributed by atoms with Crippen LogP contribution in [0.5, 0.6) is 0 Å². The Hall–Kier alpha value is -1.36. The van der Waals surface area contributed by atoms with Crippen LogP contribution in [0.3, 0.4) is 0 Å². The number of amides is 1. The summed E-state index contributed by atoms with van der Waals surface area (Å²) in [5, 5.41) is 8.74. The van der Waals surface area contributed by atoms with E-state index >= 15 is 0 Å². The van der Waals surface area contributed by atoms with E-state index in [2.05, 4.69) is 15.9 Å². The van der Waals surface area contributed by atoms with Crippen molar-refractivity contribution in [1.82, 2.24) is 4.90 Å². The van der Waals surface area contributed by atoms with E-state index in [-0.39, 0.29) is 18.4 Å². The van der Waals surface area contributed by atoms with Crippen LogP contribution in [-0.4, -0.2) is 34.5 Å². The fourth-order valence-corrected chi connectivity index (χ4v) is 2.65. The summed E-state index contributed by atoms with van der Waals surface area (Å²) in [5.74, 6) is -0.788. The molecule has 4 nitrogen and oxygen atoms in total. The molecule has 1 aliphatic rings. The van der Waals surface area contributed by atoms with Crippen molar-refractivity contribution in [3.63, 3.8) is 0 Å². The standard InChI is InChI=1S/C15H18BrNO3/c16-12-3-1-2-11(10-12)4-7-14(18)17(13-5-6-13)9-8-15(19)20/h1-3,10,13H,4-9H2,(H,19,20). The van der Waals surface area contributed by atoms with Crippen LogP contribution in [0, 0.1) is 0 Å². The molecule has 1 aromatic carbocycles. The third-order valence-corrected chi connectivity index (χ3v) is 3.88. The Morgan fingerprint density at radius 3 is 2.65 bits per heavy atom. The molecule has 1 amide bonds. The van der Waals surface area contributed by atoms with Gasteiger partial charge < -0.3 is 10.0 Å². The van der Waals surface area contributed by atoms with Crippen molar-refractivity contribution in [1.29, 1.82) is 0 Å². The van der Waals surface area contributed by atoms with Gasteiger partial charge in [0.1, 0.15) is 0 Å². The Morgan fingerprint density at radius 2 is 2.05 bits per heavy atom. The van der Waals surface area contributed by atoms with Crippen LogP contribution in [0.15, 0.2) is 28.7 Å². The molecule has 0 radical (unpaired) electrons. The van der Waals surface area contributed by atoms with Gasteiger partial charge in [-0.25, -0.2) is 0 Å². The van der Waals surface area contributed by atoms with Crippen molar-refractivity contribution >= 4 is 27.8 Å². The number of carbonyl (C=O) groups excluding carboxylic acids is 1. The molecule has 0 spiro atoms. The summed E-state index contributed by atoms with van der Waals surface area (Å²) in [5.41, 5.74) is 1.11. The Labute approximate surface area is 126 Å². The summed E-state index contributed by atoms with van der Waals surface area (Å²) < 4.78 is 1.01. The van der Waals surface area contributed by atoms with Crippen LogP contribution < -0.4 is 0 Å². The van der Waals surface area contributed by atoms with Gasteiger partial charge in [-0.2, -0.15) is 0 Å². The normalized spacial score (nSPS) is 14.1. The number of carboxylic acids is 1. The second kappa shape index (κ2) is 6.88. The minimum Gasteiger partial charge on any atom is -0.481 e. The zero-order valence-corrected chi connectivity index (χ0v) is 12.8. The maximum atomic E-state index is 12.2. The van der Waals surface area contributed by atoms with Crippen LogP contribution in [0.25, 0.3) is 0 Å². The molecule has 1 aliphatic carbocycles. The second-order valence-electron chi connectivity index (χ2n) is 5.09. The van der Waals surface area contributed by atoms with E-state index in [1.54, 1.807) is 4.90 Å². The van der Waals surface area contributed by atoms with Crippen LogP contribution in [0.1, 0.15) is 31.2 Å². The quantitative estimate of drug-likeness (QED) is 0.830. The second-order valence-corrected chi connectivity index (χ2v) is 6.01. The fourth-order valence-electron chi connectivity index (χ4n) is 2.20. The number of benzene rings is 1. The predicted octanol–water partition coefficient (Wildman–Crippen LogP) is 2.85. The number of rotatable bonds is 7. The van der Waals surface area contributed by atoms with Crippen molar-refractivity contribution in [2.75, 3.05) is 6.54 Å². The highest BCUT2D eigenvalue weighted by atomic mass is 79.9. The van der Waals surface area contributed by atoms with Crippen molar-refractivity contribution in [3.8, 4) is 0 Å². The molecule has 0 unspecified atom stereocenters. The third-order valence-electron chi connectivity index (χ3n) is 3.39. The Balaban J connectivity index is 1.86. The average Bonchev–Trinajstić information content (AvgIpc) is 3.21. The average molecular weight is 340 g/mol. The lowest BCUT2D eigenvalue weighted by Crippen LogP contribution is -2.35. The van der Waals surface area contributed by atoms with Gasteiger partial charge in [-0.05, 0) is 37.0 Å². The van der Waals surface area contributed by atoms with E-state index < -0.39 is 5.97 Å². The zero-order chi connectivity index (χ0) is 14.5. The summed E-state index contributed by atoms with van der Waals surface area (Å²) in [4.78, 5) is 24.6. The first-order chi connectivity index (χ1) is 9.56. The van der Waals surface area contributed by atoms with E-state index in [0.717, 1.165) is 22.9 Å². The molecule has 20 heavy (non-hydrogen) atoms. The lowest BCUT2D eigenvalue weighted by atomic mass is 10.1. The lowest BCUT2D eigenvalue weighted by molar-refractivity contribution is -0.138. The van der Waals surface area contributed by atoms with Gasteiger partial charge in [-0.1, -0.05) is 28.1 Å². The zero-order valence-electron chi connectivity index (χ0n) is 11.2. The first-order valence-corrected chi connectivity index (χ1v) is 7.61. The van der Waals surface area contributed by atoms with Crippen LogP contribution >= 0.6 is 15.9 Å². The van der Waals surface area contributed by atoms with Crippen molar-refractivity contribution in [2.45, 2.75) is 38.1 Å². The fraction of sp³-hybridized carbons (Fsp3) is 0.467. The SMILES string of the molecule is O=C(O)CCN(C(=O)CCc1cccc(Br)c1)C1CC1. The molecule has 108 valence electrons. The van der Waals surface area contributed by atoms with Crippen LogP contribution in [0.4, 0.5) is 0 Å². The Morgan fingerprint density at radius 1 is 1.30 bits per heavy atom. The topological polar surface area (TPSA) is 57.6 Å². The highest BCUT2D eigenvalue weighted by Gasteiger charge is 2.32. The van der Waals surface area contributed by atoms with Gasteiger partial charge in [0.25, 0.3) is 0 Å². The minimum atomic E-state index is -0.851. The largest absolute Gasteiger partial charge is 0.481 e. The molecule has 0 aliphatic heterocycles. The van der Waals surface area contributed by atoms with Crippen LogP contribution in [0.2, 0.25) is 0 Å². The number of aryl methyl sites for hydroxylation is 1. The van der Waals surface area contributed by atoms with Crippen LogP contribution in [-0.2, 0) is 16.0 Å². The molecule has 1 fully saturated rings.